The number of carbonyl (C=O) groups excluding carboxylic acids is 1. The van der Waals surface area contributed by atoms with Crippen LogP contribution >= 0.6 is 0 Å². The molecule has 0 saturated carbocycles. The predicted octanol–water partition coefficient (Wildman–Crippen LogP) is 3.86. The molecule has 0 heterocycles. The number of hydrogen-bond donors (Lipinski definition) is 0. The lowest BCUT2D eigenvalue weighted by atomic mass is 9.85. The van der Waals surface area contributed by atoms with E-state index >= 15 is 0 Å². The van der Waals surface area contributed by atoms with Gasteiger partial charge in [-0.2, -0.15) is 0 Å². The van der Waals surface area contributed by atoms with Crippen LogP contribution in [-0.2, 0) is 21.6 Å². The second-order valence-corrected chi connectivity index (χ2v) is 5.89. The molecule has 0 saturated heterocycles. The lowest BCUT2D eigenvalue weighted by molar-refractivity contribution is -0.150. The Morgan fingerprint density at radius 2 is 1.71 bits per heavy atom. The molecule has 0 aliphatic heterocycles. The molecular formula is C19H21FO4. The van der Waals surface area contributed by atoms with E-state index in [1.165, 1.54) is 12.1 Å². The van der Waals surface area contributed by atoms with Crippen LogP contribution < -0.4 is 9.47 Å². The van der Waals surface area contributed by atoms with Crippen molar-refractivity contribution in [3.8, 4) is 11.5 Å². The van der Waals surface area contributed by atoms with Crippen LogP contribution in [0.4, 0.5) is 4.39 Å². The Kier molecular flexibility index (Phi) is 5.44. The highest BCUT2D eigenvalue weighted by molar-refractivity contribution is 5.82. The smallest absolute Gasteiger partial charge is 0.316 e. The van der Waals surface area contributed by atoms with Gasteiger partial charge in [-0.05, 0) is 49.7 Å². The summed E-state index contributed by atoms with van der Waals surface area (Å²) in [6.07, 6.45) is 0. The molecule has 0 bridgehead atoms. The Bertz CT molecular complexity index is 708. The van der Waals surface area contributed by atoms with Gasteiger partial charge in [0, 0.05) is 5.56 Å². The highest BCUT2D eigenvalue weighted by atomic mass is 19.1. The van der Waals surface area contributed by atoms with Crippen molar-refractivity contribution in [3.05, 3.63) is 59.4 Å². The summed E-state index contributed by atoms with van der Waals surface area (Å²) in [4.78, 5) is 12.5. The number of benzene rings is 2. The third-order valence-corrected chi connectivity index (χ3v) is 3.92. The van der Waals surface area contributed by atoms with E-state index in [4.69, 9.17) is 14.2 Å². The molecule has 4 nitrogen and oxygen atoms in total. The van der Waals surface area contributed by atoms with Crippen LogP contribution in [0.2, 0.25) is 0 Å². The third kappa shape index (κ3) is 3.85. The van der Waals surface area contributed by atoms with E-state index in [-0.39, 0.29) is 12.4 Å². The molecule has 24 heavy (non-hydrogen) atoms. The van der Waals surface area contributed by atoms with Gasteiger partial charge in [-0.3, -0.25) is 4.79 Å². The van der Waals surface area contributed by atoms with Crippen LogP contribution in [0.25, 0.3) is 0 Å². The van der Waals surface area contributed by atoms with Crippen molar-refractivity contribution in [2.24, 2.45) is 0 Å². The Labute approximate surface area is 141 Å². The molecule has 5 heteroatoms. The first-order valence-corrected chi connectivity index (χ1v) is 7.52. The van der Waals surface area contributed by atoms with Crippen molar-refractivity contribution in [1.82, 2.24) is 0 Å². The first-order chi connectivity index (χ1) is 11.4. The van der Waals surface area contributed by atoms with Crippen molar-refractivity contribution >= 4 is 5.97 Å². The molecule has 0 spiro atoms. The van der Waals surface area contributed by atoms with Crippen LogP contribution in [0.1, 0.15) is 25.0 Å². The fourth-order valence-corrected chi connectivity index (χ4v) is 2.30. The topological polar surface area (TPSA) is 44.8 Å². The molecule has 0 aliphatic carbocycles. The summed E-state index contributed by atoms with van der Waals surface area (Å²) in [5.74, 6) is 0.519. The number of methoxy groups -OCH3 is 2. The van der Waals surface area contributed by atoms with Crippen LogP contribution in [-0.4, -0.2) is 20.2 Å². The molecule has 0 unspecified atom stereocenters. The summed E-state index contributed by atoms with van der Waals surface area (Å²) >= 11 is 0. The van der Waals surface area contributed by atoms with E-state index in [0.717, 1.165) is 0 Å². The average molecular weight is 332 g/mol. The van der Waals surface area contributed by atoms with Gasteiger partial charge in [0.1, 0.15) is 23.9 Å². The van der Waals surface area contributed by atoms with Crippen LogP contribution in [0.3, 0.4) is 0 Å². The van der Waals surface area contributed by atoms with Gasteiger partial charge in [0.05, 0.1) is 19.6 Å². The molecule has 0 amide bonds. The van der Waals surface area contributed by atoms with Crippen LogP contribution in [0, 0.1) is 5.82 Å². The molecule has 0 N–H and O–H groups in total. The second kappa shape index (κ2) is 7.34. The minimum absolute atomic E-state index is 0.0594. The lowest BCUT2D eigenvalue weighted by Crippen LogP contribution is -2.31. The Balaban J connectivity index is 2.13. The molecule has 2 rings (SSSR count). The van der Waals surface area contributed by atoms with Gasteiger partial charge >= 0.3 is 5.97 Å². The van der Waals surface area contributed by atoms with E-state index in [0.29, 0.717) is 22.6 Å². The summed E-state index contributed by atoms with van der Waals surface area (Å²) in [7, 11) is 3.12. The maximum atomic E-state index is 13.1. The molecule has 2 aromatic carbocycles. The SMILES string of the molecule is COc1ccc(OC)c(COC(=O)C(C)(C)c2ccc(F)cc2)c1. The first kappa shape index (κ1) is 17.8. The van der Waals surface area contributed by atoms with Crippen LogP contribution in [0.5, 0.6) is 11.5 Å². The number of hydrogen-bond acceptors (Lipinski definition) is 4. The summed E-state index contributed by atoms with van der Waals surface area (Å²) in [5, 5.41) is 0. The fourth-order valence-electron chi connectivity index (χ4n) is 2.30. The molecule has 0 radical (unpaired) electrons. The zero-order valence-electron chi connectivity index (χ0n) is 14.3. The Morgan fingerprint density at radius 3 is 2.29 bits per heavy atom. The molecule has 0 atom stereocenters. The average Bonchev–Trinajstić information content (AvgIpc) is 2.59. The lowest BCUT2D eigenvalue weighted by Gasteiger charge is -2.23. The fraction of sp³-hybridized carbons (Fsp3) is 0.316. The number of ether oxygens (including phenoxy) is 3. The maximum Gasteiger partial charge on any atom is 0.316 e. The normalized spacial score (nSPS) is 11.0. The van der Waals surface area contributed by atoms with Crippen molar-refractivity contribution in [2.45, 2.75) is 25.9 Å². The molecule has 0 aromatic heterocycles. The summed E-state index contributed by atoms with van der Waals surface area (Å²) < 4.78 is 29.0. The van der Waals surface area contributed by atoms with E-state index < -0.39 is 11.4 Å². The molecular weight excluding hydrogens is 311 g/mol. The molecule has 2 aromatic rings. The van der Waals surface area contributed by atoms with Gasteiger partial charge in [0.15, 0.2) is 0 Å². The third-order valence-electron chi connectivity index (χ3n) is 3.92. The monoisotopic (exact) mass is 332 g/mol. The summed E-state index contributed by atoms with van der Waals surface area (Å²) in [6, 6.07) is 11.1. The minimum Gasteiger partial charge on any atom is -0.497 e. The van der Waals surface area contributed by atoms with Gasteiger partial charge in [-0.25, -0.2) is 4.39 Å². The van der Waals surface area contributed by atoms with Crippen molar-refractivity contribution in [3.63, 3.8) is 0 Å². The van der Waals surface area contributed by atoms with Crippen LogP contribution in [0.15, 0.2) is 42.5 Å². The highest BCUT2D eigenvalue weighted by Gasteiger charge is 2.31. The Morgan fingerprint density at radius 1 is 1.04 bits per heavy atom. The predicted molar refractivity (Wildman–Crippen MR) is 88.8 cm³/mol. The zero-order chi connectivity index (χ0) is 17.7. The Hall–Kier alpha value is -2.56. The van der Waals surface area contributed by atoms with Gasteiger partial charge in [-0.15, -0.1) is 0 Å². The van der Waals surface area contributed by atoms with Crippen molar-refractivity contribution in [1.29, 1.82) is 0 Å². The van der Waals surface area contributed by atoms with Crippen molar-refractivity contribution < 1.29 is 23.4 Å². The number of rotatable bonds is 6. The highest BCUT2D eigenvalue weighted by Crippen LogP contribution is 2.28. The molecule has 128 valence electrons. The van der Waals surface area contributed by atoms with Gasteiger partial charge < -0.3 is 14.2 Å². The zero-order valence-corrected chi connectivity index (χ0v) is 14.3. The van der Waals surface area contributed by atoms with Gasteiger partial charge in [0.25, 0.3) is 0 Å². The van der Waals surface area contributed by atoms with E-state index in [1.807, 2.05) is 0 Å². The molecule has 0 fully saturated rings. The number of esters is 1. The first-order valence-electron chi connectivity index (χ1n) is 7.52. The molecule has 0 aliphatic rings. The van der Waals surface area contributed by atoms with E-state index in [2.05, 4.69) is 0 Å². The van der Waals surface area contributed by atoms with E-state index in [1.54, 1.807) is 58.4 Å². The summed E-state index contributed by atoms with van der Waals surface area (Å²) in [6.45, 7) is 3.54. The number of halogens is 1. The largest absolute Gasteiger partial charge is 0.497 e. The second-order valence-electron chi connectivity index (χ2n) is 5.89. The quantitative estimate of drug-likeness (QED) is 0.754. The van der Waals surface area contributed by atoms with Gasteiger partial charge in [0.2, 0.25) is 0 Å². The summed E-state index contributed by atoms with van der Waals surface area (Å²) in [5.41, 5.74) is 0.506. The number of carbonyl (C=O) groups is 1. The maximum absolute atomic E-state index is 13.1. The van der Waals surface area contributed by atoms with Gasteiger partial charge in [-0.1, -0.05) is 12.1 Å². The standard InChI is InChI=1S/C19H21FO4/c1-19(2,14-5-7-15(20)8-6-14)18(21)24-12-13-11-16(22-3)9-10-17(13)23-4/h5-11H,12H2,1-4H3. The van der Waals surface area contributed by atoms with E-state index in [9.17, 15) is 9.18 Å². The minimum atomic E-state index is -0.889. The van der Waals surface area contributed by atoms with Crippen molar-refractivity contribution in [2.75, 3.05) is 14.2 Å².